The van der Waals surface area contributed by atoms with Crippen molar-refractivity contribution in [1.29, 1.82) is 0 Å². The second-order valence-corrected chi connectivity index (χ2v) is 4.35. The lowest BCUT2D eigenvalue weighted by atomic mass is 10.2. The molecule has 1 aromatic carbocycles. The molecule has 2 heterocycles. The van der Waals surface area contributed by atoms with Crippen LogP contribution in [0, 0.1) is 0 Å². The van der Waals surface area contributed by atoms with E-state index in [-0.39, 0.29) is 5.91 Å². The molecule has 5 nitrogen and oxygen atoms in total. The summed E-state index contributed by atoms with van der Waals surface area (Å²) in [5.41, 5.74) is 1.93. The topological polar surface area (TPSA) is 70.7 Å². The van der Waals surface area contributed by atoms with Gasteiger partial charge in [-0.25, -0.2) is 0 Å². The maximum atomic E-state index is 12.1. The molecule has 0 spiro atoms. The molecule has 19 heavy (non-hydrogen) atoms. The van der Waals surface area contributed by atoms with Gasteiger partial charge in [0, 0.05) is 17.8 Å². The number of nitrogens with zero attached hydrogens (tertiary/aromatic N) is 2. The lowest BCUT2D eigenvalue weighted by molar-refractivity contribution is 0.102. The van der Waals surface area contributed by atoms with Crippen LogP contribution >= 0.6 is 11.6 Å². The summed E-state index contributed by atoms with van der Waals surface area (Å²) in [6.07, 6.45) is 4.63. The van der Waals surface area contributed by atoms with E-state index in [2.05, 4.69) is 20.5 Å². The van der Waals surface area contributed by atoms with Gasteiger partial charge in [-0.1, -0.05) is 17.7 Å². The minimum Gasteiger partial charge on any atom is -0.321 e. The first kappa shape index (κ1) is 11.7. The maximum absolute atomic E-state index is 12.1. The fourth-order valence-electron chi connectivity index (χ4n) is 1.83. The van der Waals surface area contributed by atoms with Crippen LogP contribution in [0.25, 0.3) is 10.9 Å². The molecule has 0 radical (unpaired) electrons. The van der Waals surface area contributed by atoms with Crippen molar-refractivity contribution in [2.24, 2.45) is 0 Å². The standard InChI is InChI=1S/C13H9ClN4O/c14-10-7-15-5-4-8(10)13(19)17-11-2-1-3-12-9(11)6-16-18-12/h1-7H,(H,16,18)(H,17,19). The highest BCUT2D eigenvalue weighted by Gasteiger charge is 2.12. The van der Waals surface area contributed by atoms with Gasteiger partial charge in [-0.3, -0.25) is 14.9 Å². The number of halogens is 1. The van der Waals surface area contributed by atoms with Gasteiger partial charge in [-0.05, 0) is 18.2 Å². The average molecular weight is 273 g/mol. The predicted molar refractivity (Wildman–Crippen MR) is 73.3 cm³/mol. The number of H-pyrrole nitrogens is 1. The van der Waals surface area contributed by atoms with Gasteiger partial charge in [0.05, 0.1) is 28.0 Å². The molecular weight excluding hydrogens is 264 g/mol. The number of nitrogens with one attached hydrogen (secondary N) is 2. The van der Waals surface area contributed by atoms with E-state index in [9.17, 15) is 4.79 Å². The van der Waals surface area contributed by atoms with Gasteiger partial charge in [-0.2, -0.15) is 5.10 Å². The van der Waals surface area contributed by atoms with Crippen LogP contribution in [0.5, 0.6) is 0 Å². The summed E-state index contributed by atoms with van der Waals surface area (Å²) in [5, 5.41) is 10.8. The summed E-state index contributed by atoms with van der Waals surface area (Å²) < 4.78 is 0. The zero-order valence-corrected chi connectivity index (χ0v) is 10.5. The van der Waals surface area contributed by atoms with Gasteiger partial charge in [0.2, 0.25) is 0 Å². The van der Waals surface area contributed by atoms with Gasteiger partial charge in [0.15, 0.2) is 0 Å². The number of carbonyl (C=O) groups is 1. The Morgan fingerprint density at radius 1 is 1.26 bits per heavy atom. The summed E-state index contributed by atoms with van der Waals surface area (Å²) in [6, 6.07) is 7.11. The number of benzene rings is 1. The van der Waals surface area contributed by atoms with Crippen LogP contribution in [0.1, 0.15) is 10.4 Å². The van der Waals surface area contributed by atoms with Gasteiger partial charge in [0.1, 0.15) is 0 Å². The average Bonchev–Trinajstić information content (AvgIpc) is 2.88. The van der Waals surface area contributed by atoms with Gasteiger partial charge >= 0.3 is 0 Å². The molecule has 0 aliphatic rings. The molecule has 2 aromatic heterocycles. The number of pyridine rings is 1. The number of fused-ring (bicyclic) bond motifs is 1. The normalized spacial score (nSPS) is 10.6. The molecule has 0 aliphatic heterocycles. The molecule has 0 unspecified atom stereocenters. The van der Waals surface area contributed by atoms with Crippen molar-refractivity contribution in [1.82, 2.24) is 15.2 Å². The van der Waals surface area contributed by atoms with Crippen LogP contribution in [-0.2, 0) is 0 Å². The van der Waals surface area contributed by atoms with Crippen molar-refractivity contribution in [3.05, 3.63) is 53.4 Å². The van der Waals surface area contributed by atoms with Crippen molar-refractivity contribution in [3.63, 3.8) is 0 Å². The third kappa shape index (κ3) is 2.15. The molecule has 0 atom stereocenters. The van der Waals surface area contributed by atoms with E-state index in [1.807, 2.05) is 18.2 Å². The quantitative estimate of drug-likeness (QED) is 0.753. The Kier molecular flexibility index (Phi) is 2.89. The highest BCUT2D eigenvalue weighted by atomic mass is 35.5. The minimum absolute atomic E-state index is 0.277. The molecule has 0 aliphatic carbocycles. The highest BCUT2D eigenvalue weighted by molar-refractivity contribution is 6.34. The summed E-state index contributed by atoms with van der Waals surface area (Å²) in [4.78, 5) is 16.0. The number of aromatic nitrogens is 3. The Morgan fingerprint density at radius 3 is 3.00 bits per heavy atom. The van der Waals surface area contributed by atoms with Crippen molar-refractivity contribution >= 4 is 34.1 Å². The molecule has 6 heteroatoms. The Hall–Kier alpha value is -2.40. The van der Waals surface area contributed by atoms with E-state index in [1.165, 1.54) is 12.4 Å². The molecular formula is C13H9ClN4O. The molecule has 3 rings (SSSR count). The Morgan fingerprint density at radius 2 is 2.16 bits per heavy atom. The maximum Gasteiger partial charge on any atom is 0.257 e. The number of carbonyl (C=O) groups excluding carboxylic acids is 1. The number of anilines is 1. The lowest BCUT2D eigenvalue weighted by Crippen LogP contribution is -2.12. The van der Waals surface area contributed by atoms with Crippen molar-refractivity contribution in [3.8, 4) is 0 Å². The summed E-state index contributed by atoms with van der Waals surface area (Å²) in [5.74, 6) is -0.277. The second-order valence-electron chi connectivity index (χ2n) is 3.95. The third-order valence-corrected chi connectivity index (χ3v) is 3.05. The van der Waals surface area contributed by atoms with Crippen LogP contribution in [0.2, 0.25) is 5.02 Å². The number of hydrogen-bond acceptors (Lipinski definition) is 3. The summed E-state index contributed by atoms with van der Waals surface area (Å²) in [6.45, 7) is 0. The fraction of sp³-hybridized carbons (Fsp3) is 0. The monoisotopic (exact) mass is 272 g/mol. The lowest BCUT2D eigenvalue weighted by Gasteiger charge is -2.07. The van der Waals surface area contributed by atoms with E-state index in [1.54, 1.807) is 12.3 Å². The molecule has 94 valence electrons. The predicted octanol–water partition coefficient (Wildman–Crippen LogP) is 2.86. The smallest absolute Gasteiger partial charge is 0.257 e. The summed E-state index contributed by atoms with van der Waals surface area (Å²) in [7, 11) is 0. The molecule has 0 saturated heterocycles. The number of aromatic amines is 1. The highest BCUT2D eigenvalue weighted by Crippen LogP contribution is 2.22. The zero-order chi connectivity index (χ0) is 13.2. The second kappa shape index (κ2) is 4.70. The Labute approximate surface area is 113 Å². The SMILES string of the molecule is O=C(Nc1cccc2[nH]ncc12)c1ccncc1Cl. The molecule has 0 bridgehead atoms. The van der Waals surface area contributed by atoms with Gasteiger partial charge in [0.25, 0.3) is 5.91 Å². The van der Waals surface area contributed by atoms with E-state index < -0.39 is 0 Å². The van der Waals surface area contributed by atoms with Crippen molar-refractivity contribution in [2.75, 3.05) is 5.32 Å². The number of amides is 1. The van der Waals surface area contributed by atoms with E-state index in [0.29, 0.717) is 16.3 Å². The third-order valence-electron chi connectivity index (χ3n) is 2.75. The van der Waals surface area contributed by atoms with Gasteiger partial charge < -0.3 is 5.32 Å². The van der Waals surface area contributed by atoms with Crippen LogP contribution < -0.4 is 5.32 Å². The number of hydrogen-bond donors (Lipinski definition) is 2. The van der Waals surface area contributed by atoms with Crippen LogP contribution in [0.4, 0.5) is 5.69 Å². The zero-order valence-electron chi connectivity index (χ0n) is 9.72. The van der Waals surface area contributed by atoms with Crippen LogP contribution in [-0.4, -0.2) is 21.1 Å². The Balaban J connectivity index is 1.95. The van der Waals surface area contributed by atoms with Crippen LogP contribution in [0.3, 0.4) is 0 Å². The molecule has 3 aromatic rings. The number of rotatable bonds is 2. The largest absolute Gasteiger partial charge is 0.321 e. The first-order valence-electron chi connectivity index (χ1n) is 5.58. The van der Waals surface area contributed by atoms with E-state index in [4.69, 9.17) is 11.6 Å². The first-order valence-corrected chi connectivity index (χ1v) is 5.96. The molecule has 0 saturated carbocycles. The van der Waals surface area contributed by atoms with E-state index >= 15 is 0 Å². The van der Waals surface area contributed by atoms with Gasteiger partial charge in [-0.15, -0.1) is 0 Å². The first-order chi connectivity index (χ1) is 9.25. The minimum atomic E-state index is -0.277. The fourth-order valence-corrected chi connectivity index (χ4v) is 2.03. The summed E-state index contributed by atoms with van der Waals surface area (Å²) >= 11 is 5.94. The van der Waals surface area contributed by atoms with Crippen molar-refractivity contribution in [2.45, 2.75) is 0 Å². The molecule has 0 fully saturated rings. The van der Waals surface area contributed by atoms with Crippen molar-refractivity contribution < 1.29 is 4.79 Å². The molecule has 2 N–H and O–H groups in total. The molecule has 1 amide bonds. The van der Waals surface area contributed by atoms with E-state index in [0.717, 1.165) is 10.9 Å². The van der Waals surface area contributed by atoms with Crippen LogP contribution in [0.15, 0.2) is 42.9 Å². The Bertz CT molecular complexity index is 753.